The van der Waals surface area contributed by atoms with Crippen molar-refractivity contribution in [3.8, 4) is 0 Å². The van der Waals surface area contributed by atoms with Crippen LogP contribution in [0.2, 0.25) is 0 Å². The van der Waals surface area contributed by atoms with E-state index in [1.807, 2.05) is 0 Å². The third kappa shape index (κ3) is 2.39. The second-order valence-electron chi connectivity index (χ2n) is 5.58. The van der Waals surface area contributed by atoms with E-state index in [0.29, 0.717) is 18.2 Å². The molecule has 0 aromatic heterocycles. The van der Waals surface area contributed by atoms with Gasteiger partial charge in [-0.3, -0.25) is 4.79 Å². The Kier molecular flexibility index (Phi) is 3.40. The Morgan fingerprint density at radius 3 is 2.48 bits per heavy atom. The molecule has 0 radical (unpaired) electrons. The molecule has 0 atom stereocenters. The first-order chi connectivity index (χ1) is 10.0. The molecule has 0 N–H and O–H groups in total. The van der Waals surface area contributed by atoms with Crippen LogP contribution in [0.25, 0.3) is 10.8 Å². The van der Waals surface area contributed by atoms with Crippen molar-refractivity contribution in [2.24, 2.45) is 0 Å². The minimum Gasteiger partial charge on any atom is -0.454 e. The van der Waals surface area contributed by atoms with Crippen molar-refractivity contribution in [2.75, 3.05) is 0 Å². The second-order valence-corrected chi connectivity index (χ2v) is 5.58. The first-order valence-corrected chi connectivity index (χ1v) is 7.10. The Hall–Kier alpha value is -1.97. The average Bonchev–Trinajstić information content (AvgIpc) is 2.88. The molecule has 2 nitrogen and oxygen atoms in total. The van der Waals surface area contributed by atoms with Crippen LogP contribution < -0.4 is 0 Å². The molecule has 2 aromatic carbocycles. The van der Waals surface area contributed by atoms with Crippen molar-refractivity contribution in [3.05, 3.63) is 47.5 Å². The predicted molar refractivity (Wildman–Crippen MR) is 75.8 cm³/mol. The smallest absolute Gasteiger partial charge is 0.303 e. The highest BCUT2D eigenvalue weighted by Gasteiger charge is 2.40. The maximum absolute atomic E-state index is 13.9. The maximum atomic E-state index is 13.9. The molecule has 1 saturated carbocycles. The van der Waals surface area contributed by atoms with Crippen LogP contribution >= 0.6 is 0 Å². The molecule has 3 rings (SSSR count). The standard InChI is InChI=1S/C17H16F2O2/c1-11(20)21-17(8-2-3-9-17)15-6-7-16(19)14-10-12(18)4-5-13(14)15/h4-7,10H,2-3,8-9H2,1H3. The fourth-order valence-electron chi connectivity index (χ4n) is 3.33. The molecule has 110 valence electrons. The number of halogens is 2. The zero-order chi connectivity index (χ0) is 15.0. The predicted octanol–water partition coefficient (Wildman–Crippen LogP) is 4.45. The summed E-state index contributed by atoms with van der Waals surface area (Å²) in [6.07, 6.45) is 3.33. The minimum absolute atomic E-state index is 0.228. The van der Waals surface area contributed by atoms with Crippen LogP contribution in [0.3, 0.4) is 0 Å². The Labute approximate surface area is 121 Å². The first kappa shape index (κ1) is 14.0. The van der Waals surface area contributed by atoms with Gasteiger partial charge in [-0.2, -0.15) is 0 Å². The Morgan fingerprint density at radius 2 is 1.81 bits per heavy atom. The van der Waals surface area contributed by atoms with Crippen molar-refractivity contribution in [1.82, 2.24) is 0 Å². The number of carbonyl (C=O) groups is 1. The van der Waals surface area contributed by atoms with E-state index in [2.05, 4.69) is 0 Å². The highest BCUT2D eigenvalue weighted by atomic mass is 19.1. The fraction of sp³-hybridized carbons (Fsp3) is 0.353. The molecule has 0 saturated heterocycles. The molecule has 0 bridgehead atoms. The molecule has 21 heavy (non-hydrogen) atoms. The first-order valence-electron chi connectivity index (χ1n) is 7.10. The third-order valence-corrected chi connectivity index (χ3v) is 4.17. The summed E-state index contributed by atoms with van der Waals surface area (Å²) in [5.41, 5.74) is 0.0573. The van der Waals surface area contributed by atoms with Gasteiger partial charge in [0.2, 0.25) is 0 Å². The van der Waals surface area contributed by atoms with Crippen molar-refractivity contribution < 1.29 is 18.3 Å². The number of carbonyl (C=O) groups excluding carboxylic acids is 1. The third-order valence-electron chi connectivity index (χ3n) is 4.17. The van der Waals surface area contributed by atoms with Gasteiger partial charge < -0.3 is 4.74 Å². The van der Waals surface area contributed by atoms with Crippen LogP contribution in [0.1, 0.15) is 38.2 Å². The van der Waals surface area contributed by atoms with Crippen LogP contribution in [0.4, 0.5) is 8.78 Å². The summed E-state index contributed by atoms with van der Waals surface area (Å²) in [4.78, 5) is 11.5. The second kappa shape index (κ2) is 5.10. The monoisotopic (exact) mass is 290 g/mol. The van der Waals surface area contributed by atoms with Gasteiger partial charge in [0, 0.05) is 17.9 Å². The number of fused-ring (bicyclic) bond motifs is 1. The van der Waals surface area contributed by atoms with E-state index in [1.165, 1.54) is 25.1 Å². The van der Waals surface area contributed by atoms with E-state index in [9.17, 15) is 13.6 Å². The molecule has 1 aliphatic carbocycles. The Morgan fingerprint density at radius 1 is 1.10 bits per heavy atom. The van der Waals surface area contributed by atoms with E-state index < -0.39 is 17.2 Å². The van der Waals surface area contributed by atoms with Crippen LogP contribution in [0, 0.1) is 11.6 Å². The number of rotatable bonds is 2. The molecule has 0 spiro atoms. The van der Waals surface area contributed by atoms with E-state index in [4.69, 9.17) is 4.74 Å². The highest BCUT2D eigenvalue weighted by molar-refractivity contribution is 5.87. The summed E-state index contributed by atoms with van der Waals surface area (Å²) >= 11 is 0. The van der Waals surface area contributed by atoms with Gasteiger partial charge >= 0.3 is 5.97 Å². The highest BCUT2D eigenvalue weighted by Crippen LogP contribution is 2.45. The molecule has 0 amide bonds. The molecule has 0 unspecified atom stereocenters. The van der Waals surface area contributed by atoms with Crippen molar-refractivity contribution in [3.63, 3.8) is 0 Å². The molecular formula is C17H16F2O2. The summed E-state index contributed by atoms with van der Waals surface area (Å²) in [7, 11) is 0. The van der Waals surface area contributed by atoms with Gasteiger partial charge in [-0.05, 0) is 49.3 Å². The lowest BCUT2D eigenvalue weighted by atomic mass is 9.87. The topological polar surface area (TPSA) is 26.3 Å². The van der Waals surface area contributed by atoms with Crippen molar-refractivity contribution in [1.29, 1.82) is 0 Å². The van der Waals surface area contributed by atoms with Gasteiger partial charge in [-0.1, -0.05) is 12.1 Å². The molecule has 4 heteroatoms. The van der Waals surface area contributed by atoms with Crippen molar-refractivity contribution >= 4 is 16.7 Å². The van der Waals surface area contributed by atoms with Crippen molar-refractivity contribution in [2.45, 2.75) is 38.2 Å². The molecule has 1 fully saturated rings. The van der Waals surface area contributed by atoms with Gasteiger partial charge in [0.15, 0.2) is 0 Å². The van der Waals surface area contributed by atoms with Gasteiger partial charge in [0.05, 0.1) is 0 Å². The number of benzene rings is 2. The summed E-state index contributed by atoms with van der Waals surface area (Å²) in [6, 6.07) is 7.03. The van der Waals surface area contributed by atoms with Gasteiger partial charge in [0.25, 0.3) is 0 Å². The lowest BCUT2D eigenvalue weighted by molar-refractivity contribution is -0.157. The summed E-state index contributed by atoms with van der Waals surface area (Å²) in [6.45, 7) is 1.38. The number of hydrogen-bond donors (Lipinski definition) is 0. The average molecular weight is 290 g/mol. The van der Waals surface area contributed by atoms with Gasteiger partial charge in [-0.15, -0.1) is 0 Å². The normalized spacial score (nSPS) is 17.1. The van der Waals surface area contributed by atoms with Gasteiger partial charge in [-0.25, -0.2) is 8.78 Å². The SMILES string of the molecule is CC(=O)OC1(c2ccc(F)c3cc(F)ccc23)CCCC1. The molecule has 0 aliphatic heterocycles. The van der Waals surface area contributed by atoms with Crippen LogP contribution in [-0.2, 0) is 15.1 Å². The zero-order valence-electron chi connectivity index (χ0n) is 11.8. The summed E-state index contributed by atoms with van der Waals surface area (Å²) < 4.78 is 32.9. The van der Waals surface area contributed by atoms with Gasteiger partial charge in [0.1, 0.15) is 17.2 Å². The quantitative estimate of drug-likeness (QED) is 0.764. The minimum atomic E-state index is -0.713. The lowest BCUT2D eigenvalue weighted by Crippen LogP contribution is -2.28. The molecular weight excluding hydrogens is 274 g/mol. The van der Waals surface area contributed by atoms with Crippen LogP contribution in [-0.4, -0.2) is 5.97 Å². The maximum Gasteiger partial charge on any atom is 0.303 e. The van der Waals surface area contributed by atoms with Crippen LogP contribution in [0.15, 0.2) is 30.3 Å². The fourth-order valence-corrected chi connectivity index (χ4v) is 3.33. The lowest BCUT2D eigenvalue weighted by Gasteiger charge is -2.30. The number of hydrogen-bond acceptors (Lipinski definition) is 2. The number of esters is 1. The summed E-state index contributed by atoms with van der Waals surface area (Å²) in [5, 5.41) is 0.838. The van der Waals surface area contributed by atoms with E-state index >= 15 is 0 Å². The zero-order valence-corrected chi connectivity index (χ0v) is 11.8. The van der Waals surface area contributed by atoms with Crippen LogP contribution in [0.5, 0.6) is 0 Å². The van der Waals surface area contributed by atoms with E-state index in [0.717, 1.165) is 18.4 Å². The largest absolute Gasteiger partial charge is 0.454 e. The molecule has 2 aromatic rings. The van der Waals surface area contributed by atoms with E-state index in [-0.39, 0.29) is 11.4 Å². The summed E-state index contributed by atoms with van der Waals surface area (Å²) in [5.74, 6) is -1.30. The molecule has 0 heterocycles. The van der Waals surface area contributed by atoms with E-state index in [1.54, 1.807) is 12.1 Å². The number of ether oxygens (including phenoxy) is 1. The molecule has 1 aliphatic rings. The Balaban J connectivity index is 2.23. The Bertz CT molecular complexity index is 703.